The van der Waals surface area contributed by atoms with Crippen molar-refractivity contribution in [3.63, 3.8) is 0 Å². The lowest BCUT2D eigenvalue weighted by Gasteiger charge is -1.99. The lowest BCUT2D eigenvalue weighted by molar-refractivity contribution is -0.401. The predicted molar refractivity (Wildman–Crippen MR) is 56.1 cm³/mol. The van der Waals surface area contributed by atoms with E-state index in [4.69, 9.17) is 10.2 Å². The third kappa shape index (κ3) is 1.75. The highest BCUT2D eigenvalue weighted by Gasteiger charge is 2.21. The van der Waals surface area contributed by atoms with Crippen molar-refractivity contribution in [2.75, 3.05) is 0 Å². The molecule has 8 heteroatoms. The van der Waals surface area contributed by atoms with E-state index < -0.39 is 16.7 Å². The Morgan fingerprint density at radius 2 is 2.29 bits per heavy atom. The summed E-state index contributed by atoms with van der Waals surface area (Å²) < 4.78 is 6.36. The summed E-state index contributed by atoms with van der Waals surface area (Å²) in [5.74, 6) is -0.908. The third-order valence-electron chi connectivity index (χ3n) is 2.21. The Bertz CT molecular complexity index is 598. The normalized spacial score (nSPS) is 10.4. The van der Waals surface area contributed by atoms with Crippen LogP contribution in [-0.4, -0.2) is 20.6 Å². The number of furan rings is 1. The molecule has 0 bridgehead atoms. The maximum absolute atomic E-state index is 11.1. The van der Waals surface area contributed by atoms with Gasteiger partial charge >= 0.3 is 5.88 Å². The molecule has 0 spiro atoms. The second-order valence-corrected chi connectivity index (χ2v) is 3.29. The fraction of sp³-hybridized carbons (Fsp3) is 0.111. The first-order valence-electron chi connectivity index (χ1n) is 4.57. The minimum absolute atomic E-state index is 0.150. The molecule has 0 aliphatic heterocycles. The Morgan fingerprint density at radius 1 is 1.59 bits per heavy atom. The monoisotopic (exact) mass is 236 g/mol. The molecule has 0 saturated heterocycles. The van der Waals surface area contributed by atoms with Crippen molar-refractivity contribution >= 4 is 11.8 Å². The number of nitrogens with two attached hydrogens (primary N) is 1. The molecule has 0 radical (unpaired) electrons. The second-order valence-electron chi connectivity index (χ2n) is 3.29. The first-order valence-corrected chi connectivity index (χ1v) is 4.57. The SMILES string of the molecule is Cn1ncc(C(N)=O)c1-c1ccc([N+](=O)[O-])o1. The Labute approximate surface area is 94.8 Å². The van der Waals surface area contributed by atoms with Gasteiger partial charge in [-0.3, -0.25) is 19.6 Å². The van der Waals surface area contributed by atoms with Crippen LogP contribution in [0.5, 0.6) is 0 Å². The number of amides is 1. The first kappa shape index (κ1) is 10.9. The minimum atomic E-state index is -0.674. The summed E-state index contributed by atoms with van der Waals surface area (Å²) >= 11 is 0. The smallest absolute Gasteiger partial charge is 0.399 e. The molecule has 0 unspecified atom stereocenters. The highest BCUT2D eigenvalue weighted by Crippen LogP contribution is 2.28. The van der Waals surface area contributed by atoms with E-state index in [-0.39, 0.29) is 11.3 Å². The molecule has 2 N–H and O–H groups in total. The standard InChI is InChI=1S/C9H8N4O4/c1-12-8(5(4-11-12)9(10)14)6-2-3-7(17-6)13(15)16/h2-4H,1H3,(H2,10,14). The van der Waals surface area contributed by atoms with E-state index in [1.54, 1.807) is 7.05 Å². The maximum Gasteiger partial charge on any atom is 0.433 e. The Balaban J connectivity index is 2.55. The summed E-state index contributed by atoms with van der Waals surface area (Å²) in [6.45, 7) is 0. The van der Waals surface area contributed by atoms with Gasteiger partial charge in [0.25, 0.3) is 5.91 Å². The number of carbonyl (C=O) groups is 1. The Kier molecular flexibility index (Phi) is 2.39. The van der Waals surface area contributed by atoms with Gasteiger partial charge in [-0.15, -0.1) is 0 Å². The van der Waals surface area contributed by atoms with Gasteiger partial charge in [-0.25, -0.2) is 0 Å². The molecule has 0 fully saturated rings. The summed E-state index contributed by atoms with van der Waals surface area (Å²) in [5.41, 5.74) is 5.62. The van der Waals surface area contributed by atoms with E-state index in [0.29, 0.717) is 5.69 Å². The topological polar surface area (TPSA) is 117 Å². The van der Waals surface area contributed by atoms with Gasteiger partial charge in [0.15, 0.2) is 5.76 Å². The number of nitrogens with zero attached hydrogens (tertiary/aromatic N) is 3. The first-order chi connectivity index (χ1) is 8.00. The van der Waals surface area contributed by atoms with Crippen LogP contribution < -0.4 is 5.73 Å². The maximum atomic E-state index is 11.1. The lowest BCUT2D eigenvalue weighted by atomic mass is 10.2. The quantitative estimate of drug-likeness (QED) is 0.621. The Hall–Kier alpha value is -2.64. The zero-order chi connectivity index (χ0) is 12.6. The van der Waals surface area contributed by atoms with E-state index in [0.717, 1.165) is 0 Å². The van der Waals surface area contributed by atoms with Gasteiger partial charge in [0.1, 0.15) is 10.6 Å². The number of nitro groups is 1. The fourth-order valence-corrected chi connectivity index (χ4v) is 1.46. The number of carbonyl (C=O) groups excluding carboxylic acids is 1. The summed E-state index contributed by atoms with van der Waals surface area (Å²) in [5, 5.41) is 14.3. The molecule has 0 atom stereocenters. The molecule has 0 aromatic carbocycles. The van der Waals surface area contributed by atoms with Gasteiger partial charge in [0.2, 0.25) is 0 Å². The van der Waals surface area contributed by atoms with Crippen LogP contribution in [0, 0.1) is 10.1 Å². The number of hydrogen-bond acceptors (Lipinski definition) is 5. The molecule has 0 aliphatic carbocycles. The molecular weight excluding hydrogens is 228 g/mol. The van der Waals surface area contributed by atoms with Crippen LogP contribution in [0.1, 0.15) is 10.4 Å². The van der Waals surface area contributed by atoms with Crippen LogP contribution in [0.4, 0.5) is 5.88 Å². The fourth-order valence-electron chi connectivity index (χ4n) is 1.46. The number of hydrogen-bond donors (Lipinski definition) is 1. The van der Waals surface area contributed by atoms with Crippen molar-refractivity contribution < 1.29 is 14.1 Å². The summed E-state index contributed by atoms with van der Waals surface area (Å²) in [6, 6.07) is 2.59. The Morgan fingerprint density at radius 3 is 2.82 bits per heavy atom. The van der Waals surface area contributed by atoms with Crippen molar-refractivity contribution in [2.45, 2.75) is 0 Å². The number of aryl methyl sites for hydroxylation is 1. The summed E-state index contributed by atoms with van der Waals surface area (Å²) in [6.07, 6.45) is 1.28. The molecule has 8 nitrogen and oxygen atoms in total. The highest BCUT2D eigenvalue weighted by molar-refractivity contribution is 5.98. The lowest BCUT2D eigenvalue weighted by Crippen LogP contribution is -2.11. The van der Waals surface area contributed by atoms with E-state index in [1.165, 1.54) is 23.0 Å². The van der Waals surface area contributed by atoms with E-state index in [9.17, 15) is 14.9 Å². The van der Waals surface area contributed by atoms with Gasteiger partial charge < -0.3 is 10.2 Å². The zero-order valence-corrected chi connectivity index (χ0v) is 8.78. The predicted octanol–water partition coefficient (Wildman–Crippen LogP) is 0.687. The second kappa shape index (κ2) is 3.74. The zero-order valence-electron chi connectivity index (χ0n) is 8.78. The highest BCUT2D eigenvalue weighted by atomic mass is 16.6. The van der Waals surface area contributed by atoms with Crippen molar-refractivity contribution in [1.82, 2.24) is 9.78 Å². The van der Waals surface area contributed by atoms with Gasteiger partial charge in [0, 0.05) is 7.05 Å². The number of rotatable bonds is 3. The van der Waals surface area contributed by atoms with Crippen molar-refractivity contribution in [2.24, 2.45) is 12.8 Å². The molecule has 2 aromatic rings. The largest absolute Gasteiger partial charge is 0.433 e. The number of primary amides is 1. The molecule has 88 valence electrons. The van der Waals surface area contributed by atoms with Gasteiger partial charge in [-0.2, -0.15) is 5.10 Å². The van der Waals surface area contributed by atoms with Crippen molar-refractivity contribution in [1.29, 1.82) is 0 Å². The average Bonchev–Trinajstić information content (AvgIpc) is 2.82. The van der Waals surface area contributed by atoms with Crippen LogP contribution in [0.25, 0.3) is 11.5 Å². The van der Waals surface area contributed by atoms with Crippen LogP contribution >= 0.6 is 0 Å². The van der Waals surface area contributed by atoms with Crippen LogP contribution in [-0.2, 0) is 7.05 Å². The molecule has 2 rings (SSSR count). The molecule has 1 amide bonds. The molecule has 2 heterocycles. The third-order valence-corrected chi connectivity index (χ3v) is 2.21. The van der Waals surface area contributed by atoms with Crippen molar-refractivity contribution in [3.8, 4) is 11.5 Å². The van der Waals surface area contributed by atoms with Gasteiger partial charge in [-0.05, 0) is 6.07 Å². The summed E-state index contributed by atoms with van der Waals surface area (Å²) in [4.78, 5) is 21.0. The van der Waals surface area contributed by atoms with E-state index in [2.05, 4.69) is 5.10 Å². The average molecular weight is 236 g/mol. The molecule has 0 saturated carbocycles. The molecule has 17 heavy (non-hydrogen) atoms. The van der Waals surface area contributed by atoms with Gasteiger partial charge in [0.05, 0.1) is 17.8 Å². The van der Waals surface area contributed by atoms with Crippen LogP contribution in [0.2, 0.25) is 0 Å². The molecule has 2 aromatic heterocycles. The molecule has 0 aliphatic rings. The van der Waals surface area contributed by atoms with Crippen molar-refractivity contribution in [3.05, 3.63) is 34.0 Å². The van der Waals surface area contributed by atoms with E-state index in [1.807, 2.05) is 0 Å². The molecular formula is C9H8N4O4. The summed E-state index contributed by atoms with van der Waals surface area (Å²) in [7, 11) is 1.58. The van der Waals surface area contributed by atoms with Crippen LogP contribution in [0.3, 0.4) is 0 Å². The van der Waals surface area contributed by atoms with E-state index >= 15 is 0 Å². The minimum Gasteiger partial charge on any atom is -0.399 e. The van der Waals surface area contributed by atoms with Gasteiger partial charge in [-0.1, -0.05) is 0 Å². The number of aromatic nitrogens is 2. The van der Waals surface area contributed by atoms with Crippen LogP contribution in [0.15, 0.2) is 22.7 Å².